The summed E-state index contributed by atoms with van der Waals surface area (Å²) in [4.78, 5) is 23.4. The molecule has 2 aromatic carbocycles. The highest BCUT2D eigenvalue weighted by Crippen LogP contribution is 2.23. The van der Waals surface area contributed by atoms with E-state index in [4.69, 9.17) is 9.84 Å². The van der Waals surface area contributed by atoms with Crippen molar-refractivity contribution in [2.75, 3.05) is 19.8 Å². The third-order valence-corrected chi connectivity index (χ3v) is 3.39. The topological polar surface area (TPSA) is 108 Å². The number of ether oxygens (including phenoxy) is 1. The van der Waals surface area contributed by atoms with E-state index in [1.165, 1.54) is 6.07 Å². The number of aliphatic hydroxyl groups excluding tert-OH is 1. The van der Waals surface area contributed by atoms with E-state index in [-0.39, 0.29) is 31.4 Å². The largest absolute Gasteiger partial charge is 0.504 e. The lowest BCUT2D eigenvalue weighted by Gasteiger charge is -2.12. The number of rotatable bonds is 8. The fraction of sp³-hybridized carbons (Fsp3) is 0.222. The van der Waals surface area contributed by atoms with Crippen LogP contribution in [0.3, 0.4) is 0 Å². The maximum absolute atomic E-state index is 12.3. The number of para-hydroxylation sites is 2. The van der Waals surface area contributed by atoms with Crippen molar-refractivity contribution in [1.82, 2.24) is 10.6 Å². The number of carbonyl (C=O) groups excluding carboxylic acids is 2. The Morgan fingerprint density at radius 1 is 1.00 bits per heavy atom. The molecule has 0 aliphatic carbocycles. The van der Waals surface area contributed by atoms with Gasteiger partial charge in [0.2, 0.25) is 5.91 Å². The molecule has 0 aromatic heterocycles. The summed E-state index contributed by atoms with van der Waals surface area (Å²) in [6.45, 7) is 0.00658. The van der Waals surface area contributed by atoms with Crippen LogP contribution < -0.4 is 15.4 Å². The monoisotopic (exact) mass is 344 g/mol. The molecule has 2 aromatic rings. The SMILES string of the molecule is O=C(CO)NCc1ccccc1C(=O)NCCOc1ccccc1O. The lowest BCUT2D eigenvalue weighted by Crippen LogP contribution is -2.31. The number of nitrogens with one attached hydrogen (secondary N) is 2. The summed E-state index contributed by atoms with van der Waals surface area (Å²) in [5.41, 5.74) is 1.08. The molecular formula is C18H20N2O5. The van der Waals surface area contributed by atoms with Crippen LogP contribution in [0.15, 0.2) is 48.5 Å². The van der Waals surface area contributed by atoms with E-state index in [9.17, 15) is 14.7 Å². The number of aliphatic hydroxyl groups is 1. The third-order valence-electron chi connectivity index (χ3n) is 3.39. The molecule has 4 N–H and O–H groups in total. The zero-order valence-corrected chi connectivity index (χ0v) is 13.6. The van der Waals surface area contributed by atoms with Crippen LogP contribution in [0.1, 0.15) is 15.9 Å². The van der Waals surface area contributed by atoms with Gasteiger partial charge in [0, 0.05) is 12.1 Å². The average Bonchev–Trinajstić information content (AvgIpc) is 2.64. The summed E-state index contributed by atoms with van der Waals surface area (Å²) >= 11 is 0. The molecule has 2 rings (SSSR count). The predicted octanol–water partition coefficient (Wildman–Crippen LogP) is 0.809. The molecule has 0 heterocycles. The maximum Gasteiger partial charge on any atom is 0.251 e. The number of phenols is 1. The molecular weight excluding hydrogens is 324 g/mol. The summed E-state index contributed by atoms with van der Waals surface area (Å²) < 4.78 is 5.40. The Hall–Kier alpha value is -3.06. The standard InChI is InChI=1S/C18H20N2O5/c21-12-17(23)20-11-13-5-1-2-6-14(13)18(24)19-9-10-25-16-8-4-3-7-15(16)22/h1-8,21-22H,9-12H2,(H,19,24)(H,20,23). The molecule has 0 aliphatic rings. The van der Waals surface area contributed by atoms with Crippen LogP contribution in [-0.2, 0) is 11.3 Å². The molecule has 0 radical (unpaired) electrons. The van der Waals surface area contributed by atoms with Crippen molar-refractivity contribution in [3.8, 4) is 11.5 Å². The van der Waals surface area contributed by atoms with Gasteiger partial charge in [0.25, 0.3) is 5.91 Å². The first-order valence-corrected chi connectivity index (χ1v) is 7.76. The van der Waals surface area contributed by atoms with Crippen LogP contribution in [0.4, 0.5) is 0 Å². The Labute approximate surface area is 145 Å². The van der Waals surface area contributed by atoms with E-state index in [0.29, 0.717) is 16.9 Å². The Balaban J connectivity index is 1.86. The number of phenolic OH excluding ortho intramolecular Hbond substituents is 1. The fourth-order valence-electron chi connectivity index (χ4n) is 2.15. The Bertz CT molecular complexity index is 733. The summed E-state index contributed by atoms with van der Waals surface area (Å²) in [6.07, 6.45) is 0. The molecule has 0 atom stereocenters. The zero-order chi connectivity index (χ0) is 18.1. The number of hydrogen-bond acceptors (Lipinski definition) is 5. The highest BCUT2D eigenvalue weighted by Gasteiger charge is 2.11. The molecule has 0 fully saturated rings. The van der Waals surface area contributed by atoms with Crippen molar-refractivity contribution in [2.24, 2.45) is 0 Å². The van der Waals surface area contributed by atoms with Crippen LogP contribution >= 0.6 is 0 Å². The smallest absolute Gasteiger partial charge is 0.251 e. The Morgan fingerprint density at radius 2 is 1.72 bits per heavy atom. The van der Waals surface area contributed by atoms with Crippen molar-refractivity contribution in [3.63, 3.8) is 0 Å². The molecule has 0 bridgehead atoms. The summed E-state index contributed by atoms with van der Waals surface area (Å²) in [6, 6.07) is 13.5. The number of benzene rings is 2. The number of hydrogen-bond donors (Lipinski definition) is 4. The summed E-state index contributed by atoms with van der Waals surface area (Å²) in [5, 5.41) is 23.6. The second-order valence-electron chi connectivity index (χ2n) is 5.16. The van der Waals surface area contributed by atoms with Crippen LogP contribution in [0.25, 0.3) is 0 Å². The van der Waals surface area contributed by atoms with Crippen LogP contribution in [-0.4, -0.2) is 41.8 Å². The van der Waals surface area contributed by atoms with Gasteiger partial charge in [-0.25, -0.2) is 0 Å². The van der Waals surface area contributed by atoms with E-state index in [1.807, 2.05) is 0 Å². The van der Waals surface area contributed by atoms with Crippen molar-refractivity contribution in [1.29, 1.82) is 0 Å². The van der Waals surface area contributed by atoms with Crippen molar-refractivity contribution < 1.29 is 24.5 Å². The third kappa shape index (κ3) is 5.50. The first-order valence-electron chi connectivity index (χ1n) is 7.76. The van der Waals surface area contributed by atoms with E-state index < -0.39 is 12.5 Å². The van der Waals surface area contributed by atoms with Gasteiger partial charge in [-0.15, -0.1) is 0 Å². The molecule has 132 valence electrons. The Kier molecular flexibility index (Phi) is 6.79. The van der Waals surface area contributed by atoms with E-state index in [0.717, 1.165) is 0 Å². The average molecular weight is 344 g/mol. The van der Waals surface area contributed by atoms with Crippen molar-refractivity contribution >= 4 is 11.8 Å². The van der Waals surface area contributed by atoms with Gasteiger partial charge in [0.05, 0.1) is 6.54 Å². The minimum atomic E-state index is -0.599. The molecule has 0 saturated heterocycles. The van der Waals surface area contributed by atoms with Gasteiger partial charge in [-0.3, -0.25) is 9.59 Å². The second-order valence-corrected chi connectivity index (χ2v) is 5.16. The van der Waals surface area contributed by atoms with Gasteiger partial charge < -0.3 is 25.6 Å². The minimum absolute atomic E-state index is 0.0406. The number of amides is 2. The maximum atomic E-state index is 12.3. The van der Waals surface area contributed by atoms with Crippen LogP contribution in [0.2, 0.25) is 0 Å². The molecule has 7 nitrogen and oxygen atoms in total. The molecule has 2 amide bonds. The molecule has 0 spiro atoms. The molecule has 0 saturated carbocycles. The van der Waals surface area contributed by atoms with Crippen molar-refractivity contribution in [3.05, 3.63) is 59.7 Å². The van der Waals surface area contributed by atoms with Gasteiger partial charge in [0.1, 0.15) is 13.2 Å². The van der Waals surface area contributed by atoms with Crippen molar-refractivity contribution in [2.45, 2.75) is 6.54 Å². The first kappa shape index (κ1) is 18.3. The van der Waals surface area contributed by atoms with Gasteiger partial charge in [-0.1, -0.05) is 30.3 Å². The first-order chi connectivity index (χ1) is 12.1. The van der Waals surface area contributed by atoms with E-state index in [2.05, 4.69) is 10.6 Å². The van der Waals surface area contributed by atoms with Gasteiger partial charge >= 0.3 is 0 Å². The zero-order valence-electron chi connectivity index (χ0n) is 13.6. The predicted molar refractivity (Wildman–Crippen MR) is 91.3 cm³/mol. The molecule has 0 unspecified atom stereocenters. The number of carbonyl (C=O) groups is 2. The summed E-state index contributed by atoms with van der Waals surface area (Å²) in [7, 11) is 0. The molecule has 0 aliphatic heterocycles. The van der Waals surface area contributed by atoms with E-state index >= 15 is 0 Å². The number of aromatic hydroxyl groups is 1. The highest BCUT2D eigenvalue weighted by molar-refractivity contribution is 5.95. The normalized spacial score (nSPS) is 10.1. The molecule has 7 heteroatoms. The van der Waals surface area contributed by atoms with Gasteiger partial charge in [-0.05, 0) is 23.8 Å². The Morgan fingerprint density at radius 3 is 2.48 bits per heavy atom. The lowest BCUT2D eigenvalue weighted by molar-refractivity contribution is -0.123. The van der Waals surface area contributed by atoms with Crippen LogP contribution in [0.5, 0.6) is 11.5 Å². The summed E-state index contributed by atoms with van der Waals surface area (Å²) in [5.74, 6) is -0.413. The minimum Gasteiger partial charge on any atom is -0.504 e. The van der Waals surface area contributed by atoms with E-state index in [1.54, 1.807) is 42.5 Å². The van der Waals surface area contributed by atoms with Crippen LogP contribution in [0, 0.1) is 0 Å². The molecule has 25 heavy (non-hydrogen) atoms. The second kappa shape index (κ2) is 9.29. The lowest BCUT2D eigenvalue weighted by atomic mass is 10.1. The van der Waals surface area contributed by atoms with Gasteiger partial charge in [-0.2, -0.15) is 0 Å². The van der Waals surface area contributed by atoms with Gasteiger partial charge in [0.15, 0.2) is 11.5 Å². The fourth-order valence-corrected chi connectivity index (χ4v) is 2.15. The highest BCUT2D eigenvalue weighted by atomic mass is 16.5. The quantitative estimate of drug-likeness (QED) is 0.530.